The van der Waals surface area contributed by atoms with E-state index in [1.54, 1.807) is 24.3 Å². The molecule has 10 nitrogen and oxygen atoms in total. The third-order valence-electron chi connectivity index (χ3n) is 5.28. The van der Waals surface area contributed by atoms with E-state index in [9.17, 15) is 9.59 Å². The molecule has 3 heterocycles. The van der Waals surface area contributed by atoms with Gasteiger partial charge in [0.25, 0.3) is 11.8 Å². The van der Waals surface area contributed by atoms with Crippen LogP contribution in [0.15, 0.2) is 69.5 Å². The predicted molar refractivity (Wildman–Crippen MR) is 111 cm³/mol. The molecule has 31 heavy (non-hydrogen) atoms. The summed E-state index contributed by atoms with van der Waals surface area (Å²) in [6.45, 7) is 0.0785. The van der Waals surface area contributed by atoms with Crippen molar-refractivity contribution in [3.05, 3.63) is 60.5 Å². The maximum atomic E-state index is 13.0. The number of imide groups is 1. The Morgan fingerprint density at radius 3 is 2.45 bits per heavy atom. The molecular weight excluding hydrogens is 398 g/mol. The normalized spacial score (nSPS) is 19.9. The van der Waals surface area contributed by atoms with Crippen molar-refractivity contribution >= 4 is 23.2 Å². The van der Waals surface area contributed by atoms with E-state index in [4.69, 9.17) is 4.52 Å². The van der Waals surface area contributed by atoms with Gasteiger partial charge >= 0.3 is 0 Å². The van der Waals surface area contributed by atoms with Gasteiger partial charge in [0.2, 0.25) is 11.7 Å². The van der Waals surface area contributed by atoms with Crippen LogP contribution in [0.1, 0.15) is 5.89 Å². The highest BCUT2D eigenvalue weighted by Gasteiger charge is 2.55. The van der Waals surface area contributed by atoms with Crippen LogP contribution in [0.4, 0.5) is 11.4 Å². The van der Waals surface area contributed by atoms with Gasteiger partial charge in [-0.3, -0.25) is 14.6 Å². The summed E-state index contributed by atoms with van der Waals surface area (Å²) in [5.74, 6) is -0.0395. The molecule has 10 heteroatoms. The fourth-order valence-corrected chi connectivity index (χ4v) is 3.67. The van der Waals surface area contributed by atoms with Gasteiger partial charge in [-0.15, -0.1) is 0 Å². The van der Waals surface area contributed by atoms with Crippen LogP contribution in [0.3, 0.4) is 0 Å². The summed E-state index contributed by atoms with van der Waals surface area (Å²) in [6.07, 6.45) is 0. The number of hydrogen-bond donors (Lipinski definition) is 0. The molecule has 0 N–H and O–H groups in total. The van der Waals surface area contributed by atoms with Crippen LogP contribution in [-0.2, 0) is 16.1 Å². The van der Waals surface area contributed by atoms with Gasteiger partial charge in [0.15, 0.2) is 12.1 Å². The lowest BCUT2D eigenvalue weighted by atomic mass is 10.1. The Morgan fingerprint density at radius 1 is 1.00 bits per heavy atom. The van der Waals surface area contributed by atoms with E-state index < -0.39 is 12.1 Å². The van der Waals surface area contributed by atoms with Gasteiger partial charge in [0.1, 0.15) is 6.54 Å². The van der Waals surface area contributed by atoms with E-state index in [2.05, 4.69) is 20.5 Å². The van der Waals surface area contributed by atoms with Gasteiger partial charge in [-0.05, 0) is 36.4 Å². The zero-order valence-corrected chi connectivity index (χ0v) is 16.9. The average Bonchev–Trinajstić information content (AvgIpc) is 3.47. The molecule has 1 saturated heterocycles. The topological polar surface area (TPSA) is 108 Å². The molecule has 2 aromatic carbocycles. The first-order valence-electron chi connectivity index (χ1n) is 9.73. The van der Waals surface area contributed by atoms with Crippen molar-refractivity contribution in [3.63, 3.8) is 0 Å². The minimum atomic E-state index is -0.867. The van der Waals surface area contributed by atoms with E-state index in [1.165, 1.54) is 5.01 Å². The third kappa shape index (κ3) is 3.21. The highest BCUT2D eigenvalue weighted by molar-refractivity contribution is 6.25. The van der Waals surface area contributed by atoms with Gasteiger partial charge in [-0.25, -0.2) is 4.90 Å². The molecule has 2 atom stereocenters. The second kappa shape index (κ2) is 7.31. The number of anilines is 2. The van der Waals surface area contributed by atoms with Gasteiger partial charge in [-0.1, -0.05) is 28.6 Å². The lowest BCUT2D eigenvalue weighted by Crippen LogP contribution is -2.39. The van der Waals surface area contributed by atoms with Gasteiger partial charge in [0.05, 0.1) is 5.69 Å². The van der Waals surface area contributed by atoms with E-state index in [1.807, 2.05) is 49.3 Å². The molecule has 156 valence electrons. The molecule has 0 bridgehead atoms. The van der Waals surface area contributed by atoms with Crippen LogP contribution >= 0.6 is 0 Å². The van der Waals surface area contributed by atoms with Crippen LogP contribution in [0.25, 0.3) is 11.4 Å². The van der Waals surface area contributed by atoms with Crippen LogP contribution < -0.4 is 9.80 Å². The minimum Gasteiger partial charge on any atom is -0.378 e. The van der Waals surface area contributed by atoms with Crippen molar-refractivity contribution in [2.24, 2.45) is 10.3 Å². The van der Waals surface area contributed by atoms with Gasteiger partial charge < -0.3 is 9.42 Å². The molecule has 0 unspecified atom stereocenters. The molecule has 0 saturated carbocycles. The maximum Gasteiger partial charge on any atom is 0.263 e. The zero-order valence-electron chi connectivity index (χ0n) is 16.9. The zero-order chi connectivity index (χ0) is 21.5. The summed E-state index contributed by atoms with van der Waals surface area (Å²) in [6, 6.07) is 14.9. The second-order valence-electron chi connectivity index (χ2n) is 7.49. The standard InChI is InChI=1S/C21H19N7O3/c1-26(2)14-10-8-13(9-11-14)19-22-16(31-24-19)12-27-18-17(23-25-27)20(29)28(21(18)30)15-6-4-3-5-7-15/h3-11,17-18H,12H2,1-2H3/t17-,18+/m0/s1. The molecule has 0 aliphatic carbocycles. The Morgan fingerprint density at radius 2 is 1.74 bits per heavy atom. The summed E-state index contributed by atoms with van der Waals surface area (Å²) in [5, 5.41) is 13.5. The molecule has 2 aliphatic heterocycles. The van der Waals surface area contributed by atoms with E-state index in [-0.39, 0.29) is 24.2 Å². The van der Waals surface area contributed by atoms with Crippen molar-refractivity contribution in [2.45, 2.75) is 18.6 Å². The minimum absolute atomic E-state index is 0.0785. The van der Waals surface area contributed by atoms with Crippen molar-refractivity contribution in [1.29, 1.82) is 0 Å². The fourth-order valence-electron chi connectivity index (χ4n) is 3.67. The highest BCUT2D eigenvalue weighted by Crippen LogP contribution is 2.32. The molecule has 5 rings (SSSR count). The number of carbonyl (C=O) groups excluding carboxylic acids is 2. The summed E-state index contributed by atoms with van der Waals surface area (Å²) in [5.41, 5.74) is 2.38. The Balaban J connectivity index is 1.33. The Bertz CT molecular complexity index is 1160. The molecular formula is C21H19N7O3. The fraction of sp³-hybridized carbons (Fsp3) is 0.238. The molecule has 0 radical (unpaired) electrons. The first-order chi connectivity index (χ1) is 15.0. The van der Waals surface area contributed by atoms with Crippen molar-refractivity contribution in [3.8, 4) is 11.4 Å². The number of fused-ring (bicyclic) bond motifs is 1. The smallest absolute Gasteiger partial charge is 0.263 e. The number of para-hydroxylation sites is 1. The number of aromatic nitrogens is 2. The van der Waals surface area contributed by atoms with Gasteiger partial charge in [-0.2, -0.15) is 10.1 Å². The van der Waals surface area contributed by atoms with Crippen molar-refractivity contribution in [1.82, 2.24) is 15.1 Å². The molecule has 0 spiro atoms. The molecule has 2 aliphatic rings. The van der Waals surface area contributed by atoms with Crippen LogP contribution in [0.5, 0.6) is 0 Å². The predicted octanol–water partition coefficient (Wildman–Crippen LogP) is 2.30. The summed E-state index contributed by atoms with van der Waals surface area (Å²) >= 11 is 0. The monoisotopic (exact) mass is 417 g/mol. The van der Waals surface area contributed by atoms with Crippen LogP contribution in [0.2, 0.25) is 0 Å². The van der Waals surface area contributed by atoms with E-state index in [0.29, 0.717) is 11.5 Å². The average molecular weight is 417 g/mol. The van der Waals surface area contributed by atoms with Crippen molar-refractivity contribution in [2.75, 3.05) is 23.9 Å². The number of hydrogen-bond acceptors (Lipinski definition) is 9. The lowest BCUT2D eigenvalue weighted by molar-refractivity contribution is -0.123. The number of amides is 2. The summed E-state index contributed by atoms with van der Waals surface area (Å²) in [7, 11) is 3.93. The Kier molecular flexibility index (Phi) is 4.46. The van der Waals surface area contributed by atoms with Gasteiger partial charge in [0, 0.05) is 25.3 Å². The first-order valence-corrected chi connectivity index (χ1v) is 9.73. The largest absolute Gasteiger partial charge is 0.378 e. The Labute approximate surface area is 177 Å². The Hall–Kier alpha value is -4.08. The number of nitrogens with zero attached hydrogens (tertiary/aromatic N) is 7. The molecule has 3 aromatic rings. The third-order valence-corrected chi connectivity index (χ3v) is 5.28. The van der Waals surface area contributed by atoms with Crippen LogP contribution in [-0.4, -0.2) is 53.1 Å². The second-order valence-corrected chi connectivity index (χ2v) is 7.49. The molecule has 2 amide bonds. The summed E-state index contributed by atoms with van der Waals surface area (Å²) < 4.78 is 5.36. The highest BCUT2D eigenvalue weighted by atomic mass is 16.5. The first kappa shape index (κ1) is 18.9. The quantitative estimate of drug-likeness (QED) is 0.586. The maximum absolute atomic E-state index is 13.0. The lowest BCUT2D eigenvalue weighted by Gasteiger charge is -2.19. The van der Waals surface area contributed by atoms with E-state index in [0.717, 1.165) is 16.2 Å². The molecule has 1 fully saturated rings. The SMILES string of the molecule is CN(C)c1ccc(-c2noc(CN3N=N[C@@H]4C(=O)N(c5ccccc5)C(=O)[C@@H]43)n2)cc1. The summed E-state index contributed by atoms with van der Waals surface area (Å²) in [4.78, 5) is 33.3. The number of rotatable bonds is 5. The molecule has 1 aromatic heterocycles. The van der Waals surface area contributed by atoms with E-state index >= 15 is 0 Å². The number of benzene rings is 2. The van der Waals surface area contributed by atoms with Crippen molar-refractivity contribution < 1.29 is 14.1 Å². The number of carbonyl (C=O) groups is 2. The van der Waals surface area contributed by atoms with Crippen LogP contribution in [0, 0.1) is 0 Å².